The number of halogens is 1. The second kappa shape index (κ2) is 5.13. The normalized spacial score (nSPS) is 18.4. The molecule has 1 aliphatic rings. The molecule has 1 amide bonds. The summed E-state index contributed by atoms with van der Waals surface area (Å²) in [6.07, 6.45) is 5.51. The van der Waals surface area contributed by atoms with Gasteiger partial charge in [-0.2, -0.15) is 5.10 Å². The van der Waals surface area contributed by atoms with Gasteiger partial charge < -0.3 is 10.6 Å². The van der Waals surface area contributed by atoms with Gasteiger partial charge in [0.1, 0.15) is 0 Å². The first kappa shape index (κ1) is 12.9. The summed E-state index contributed by atoms with van der Waals surface area (Å²) in [5, 5.41) is 7.21. The van der Waals surface area contributed by atoms with Gasteiger partial charge in [0.25, 0.3) is 5.91 Å². The lowest BCUT2D eigenvalue weighted by Crippen LogP contribution is -2.28. The molecule has 6 nitrogen and oxygen atoms in total. The molecule has 7 heteroatoms. The number of pyridine rings is 1. The number of aromatic nitrogens is 3. The van der Waals surface area contributed by atoms with Crippen molar-refractivity contribution < 1.29 is 4.79 Å². The van der Waals surface area contributed by atoms with E-state index >= 15 is 0 Å². The fourth-order valence-electron chi connectivity index (χ4n) is 2.53. The molecular formula is C13H14ClN5O. The molecule has 1 aliphatic heterocycles. The Kier molecular flexibility index (Phi) is 3.31. The molecule has 1 fully saturated rings. The lowest BCUT2D eigenvalue weighted by molar-refractivity contribution is 0.0790. The SMILES string of the molecule is Nc1cn[nH]c1C1CCN(C(=O)c2ccncc2Cl)C1. The number of nitrogens with two attached hydrogens (primary N) is 1. The maximum atomic E-state index is 12.4. The van der Waals surface area contributed by atoms with Gasteiger partial charge in [0.15, 0.2) is 0 Å². The number of H-pyrrole nitrogens is 1. The summed E-state index contributed by atoms with van der Waals surface area (Å²) in [6.45, 7) is 1.30. The molecule has 1 saturated heterocycles. The third-order valence-corrected chi connectivity index (χ3v) is 3.89. The summed E-state index contributed by atoms with van der Waals surface area (Å²) in [4.78, 5) is 18.1. The molecule has 3 rings (SSSR count). The van der Waals surface area contributed by atoms with Crippen molar-refractivity contribution in [1.29, 1.82) is 0 Å². The van der Waals surface area contributed by atoms with Crippen LogP contribution in [0.2, 0.25) is 5.02 Å². The minimum absolute atomic E-state index is 0.0713. The number of nitrogen functional groups attached to an aromatic ring is 1. The van der Waals surface area contributed by atoms with Crippen molar-refractivity contribution in [3.8, 4) is 0 Å². The standard InChI is InChI=1S/C13H14ClN5O/c14-10-5-16-3-1-9(10)13(20)19-4-2-8(7-19)12-11(15)6-17-18-12/h1,3,5-6,8H,2,4,7,15H2,(H,17,18). The van der Waals surface area contributed by atoms with Crippen LogP contribution in [0.15, 0.2) is 24.7 Å². The van der Waals surface area contributed by atoms with E-state index in [0.29, 0.717) is 29.4 Å². The Morgan fingerprint density at radius 2 is 2.35 bits per heavy atom. The quantitative estimate of drug-likeness (QED) is 0.881. The van der Waals surface area contributed by atoms with Gasteiger partial charge in [0.2, 0.25) is 0 Å². The van der Waals surface area contributed by atoms with E-state index in [1.165, 1.54) is 6.20 Å². The highest BCUT2D eigenvalue weighted by Gasteiger charge is 2.30. The van der Waals surface area contributed by atoms with Crippen LogP contribution < -0.4 is 5.73 Å². The zero-order valence-corrected chi connectivity index (χ0v) is 11.5. The predicted octanol–water partition coefficient (Wildman–Crippen LogP) is 1.67. The van der Waals surface area contributed by atoms with Crippen molar-refractivity contribution >= 4 is 23.2 Å². The molecule has 3 heterocycles. The Balaban J connectivity index is 1.76. The second-order valence-electron chi connectivity index (χ2n) is 4.83. The van der Waals surface area contributed by atoms with E-state index in [1.54, 1.807) is 23.4 Å². The molecule has 0 radical (unpaired) electrons. The number of carbonyl (C=O) groups is 1. The summed E-state index contributed by atoms with van der Waals surface area (Å²) >= 11 is 6.01. The molecule has 2 aromatic heterocycles. The number of hydrogen-bond donors (Lipinski definition) is 2. The Hall–Kier alpha value is -2.08. The summed E-state index contributed by atoms with van der Waals surface area (Å²) in [7, 11) is 0. The Morgan fingerprint density at radius 3 is 3.05 bits per heavy atom. The van der Waals surface area contributed by atoms with E-state index in [0.717, 1.165) is 12.1 Å². The van der Waals surface area contributed by atoms with Crippen LogP contribution in [0.1, 0.15) is 28.4 Å². The number of aromatic amines is 1. The minimum atomic E-state index is -0.0713. The first-order valence-corrected chi connectivity index (χ1v) is 6.72. The average molecular weight is 292 g/mol. The molecule has 1 atom stereocenters. The van der Waals surface area contributed by atoms with Gasteiger partial charge in [0, 0.05) is 31.4 Å². The molecule has 0 aliphatic carbocycles. The van der Waals surface area contributed by atoms with Crippen molar-refractivity contribution in [3.63, 3.8) is 0 Å². The van der Waals surface area contributed by atoms with Crippen molar-refractivity contribution in [2.24, 2.45) is 0 Å². The zero-order chi connectivity index (χ0) is 14.1. The number of hydrogen-bond acceptors (Lipinski definition) is 4. The summed E-state index contributed by atoms with van der Waals surface area (Å²) < 4.78 is 0. The van der Waals surface area contributed by atoms with Gasteiger partial charge in [-0.1, -0.05) is 11.6 Å². The maximum Gasteiger partial charge on any atom is 0.255 e. The smallest absolute Gasteiger partial charge is 0.255 e. The number of nitrogens with zero attached hydrogens (tertiary/aromatic N) is 3. The van der Waals surface area contributed by atoms with Crippen LogP contribution in [0, 0.1) is 0 Å². The first-order chi connectivity index (χ1) is 9.66. The predicted molar refractivity (Wildman–Crippen MR) is 75.5 cm³/mol. The number of nitrogens with one attached hydrogen (secondary N) is 1. The molecule has 0 bridgehead atoms. The monoisotopic (exact) mass is 291 g/mol. The topological polar surface area (TPSA) is 87.9 Å². The van der Waals surface area contributed by atoms with E-state index in [4.69, 9.17) is 17.3 Å². The largest absolute Gasteiger partial charge is 0.396 e. The van der Waals surface area contributed by atoms with Crippen LogP contribution in [-0.2, 0) is 0 Å². The van der Waals surface area contributed by atoms with Crippen LogP contribution >= 0.6 is 11.6 Å². The Labute approximate surface area is 120 Å². The van der Waals surface area contributed by atoms with Crippen molar-refractivity contribution in [1.82, 2.24) is 20.1 Å². The van der Waals surface area contributed by atoms with Gasteiger partial charge in [-0.05, 0) is 12.5 Å². The Bertz CT molecular complexity index is 641. The Morgan fingerprint density at radius 1 is 1.50 bits per heavy atom. The molecule has 0 spiro atoms. The fourth-order valence-corrected chi connectivity index (χ4v) is 2.73. The fraction of sp³-hybridized carbons (Fsp3) is 0.308. The average Bonchev–Trinajstić information content (AvgIpc) is 3.07. The van der Waals surface area contributed by atoms with Gasteiger partial charge in [-0.25, -0.2) is 0 Å². The first-order valence-electron chi connectivity index (χ1n) is 6.34. The second-order valence-corrected chi connectivity index (χ2v) is 5.24. The highest BCUT2D eigenvalue weighted by molar-refractivity contribution is 6.33. The summed E-state index contributed by atoms with van der Waals surface area (Å²) in [6, 6.07) is 1.64. The van der Waals surface area contributed by atoms with Gasteiger partial charge in [-0.15, -0.1) is 0 Å². The molecule has 2 aromatic rings. The van der Waals surface area contributed by atoms with E-state index in [1.807, 2.05) is 0 Å². The third kappa shape index (κ3) is 2.22. The minimum Gasteiger partial charge on any atom is -0.396 e. The van der Waals surface area contributed by atoms with Gasteiger partial charge >= 0.3 is 0 Å². The summed E-state index contributed by atoms with van der Waals surface area (Å²) in [5.74, 6) is 0.125. The molecular weight excluding hydrogens is 278 g/mol. The van der Waals surface area contributed by atoms with Crippen LogP contribution in [-0.4, -0.2) is 39.1 Å². The maximum absolute atomic E-state index is 12.4. The molecule has 0 saturated carbocycles. The lowest BCUT2D eigenvalue weighted by atomic mass is 10.0. The number of anilines is 1. The molecule has 1 unspecified atom stereocenters. The molecule has 104 valence electrons. The van der Waals surface area contributed by atoms with E-state index in [2.05, 4.69) is 15.2 Å². The molecule has 20 heavy (non-hydrogen) atoms. The number of rotatable bonds is 2. The molecule has 0 aromatic carbocycles. The molecule has 3 N–H and O–H groups in total. The highest BCUT2D eigenvalue weighted by atomic mass is 35.5. The van der Waals surface area contributed by atoms with Crippen LogP contribution in [0.3, 0.4) is 0 Å². The van der Waals surface area contributed by atoms with Crippen LogP contribution in [0.25, 0.3) is 0 Å². The highest BCUT2D eigenvalue weighted by Crippen LogP contribution is 2.30. The van der Waals surface area contributed by atoms with Crippen LogP contribution in [0.4, 0.5) is 5.69 Å². The number of carbonyl (C=O) groups excluding carboxylic acids is 1. The van der Waals surface area contributed by atoms with Crippen LogP contribution in [0.5, 0.6) is 0 Å². The lowest BCUT2D eigenvalue weighted by Gasteiger charge is -2.17. The van der Waals surface area contributed by atoms with Gasteiger partial charge in [0.05, 0.1) is 28.2 Å². The van der Waals surface area contributed by atoms with E-state index in [9.17, 15) is 4.79 Å². The third-order valence-electron chi connectivity index (χ3n) is 3.59. The number of amides is 1. The van der Waals surface area contributed by atoms with Gasteiger partial charge in [-0.3, -0.25) is 14.9 Å². The number of likely N-dealkylation sites (tertiary alicyclic amines) is 1. The van der Waals surface area contributed by atoms with Crippen molar-refractivity contribution in [3.05, 3.63) is 40.9 Å². The van der Waals surface area contributed by atoms with E-state index in [-0.39, 0.29) is 11.8 Å². The van der Waals surface area contributed by atoms with Crippen molar-refractivity contribution in [2.75, 3.05) is 18.8 Å². The van der Waals surface area contributed by atoms with E-state index < -0.39 is 0 Å². The zero-order valence-electron chi connectivity index (χ0n) is 10.7. The van der Waals surface area contributed by atoms with Crippen molar-refractivity contribution in [2.45, 2.75) is 12.3 Å². The summed E-state index contributed by atoms with van der Waals surface area (Å²) in [5.41, 5.74) is 7.89.